The predicted molar refractivity (Wildman–Crippen MR) is 184 cm³/mol. The van der Waals surface area contributed by atoms with Crippen LogP contribution in [0.15, 0.2) is 30.3 Å². The molecule has 5 atom stereocenters. The van der Waals surface area contributed by atoms with Gasteiger partial charge in [0.1, 0.15) is 23.7 Å². The molecule has 12 nitrogen and oxygen atoms in total. The SMILES string of the molecule is CC(C)[C@H]1CCN(C(=O)[C@@H](NC(=O)NC2(C(=O)O[C@H](C)c3ccccc3)CCCCC2)C(C)(C)C)[C@@H]1C(=O)NC(CC1CC1)C(=O)C(N)=O. The number of hydrogen-bond acceptors (Lipinski definition) is 7. The molecule has 2 saturated carbocycles. The Labute approximate surface area is 290 Å². The number of primary amides is 1. The van der Waals surface area contributed by atoms with Crippen LogP contribution in [-0.2, 0) is 28.7 Å². The van der Waals surface area contributed by atoms with Gasteiger partial charge in [0.25, 0.3) is 5.91 Å². The van der Waals surface area contributed by atoms with E-state index in [0.29, 0.717) is 25.7 Å². The van der Waals surface area contributed by atoms with Crippen molar-refractivity contribution in [3.8, 4) is 0 Å². The highest BCUT2D eigenvalue weighted by Gasteiger charge is 2.49. The number of carbonyl (C=O) groups excluding carboxylic acids is 6. The predicted octanol–water partition coefficient (Wildman–Crippen LogP) is 3.92. The Balaban J connectivity index is 1.53. The number of nitrogens with zero attached hydrogens (tertiary/aromatic N) is 1. The second-order valence-corrected chi connectivity index (χ2v) is 15.6. The molecule has 0 spiro atoms. The Morgan fingerprint density at radius 2 is 1.57 bits per heavy atom. The summed E-state index contributed by atoms with van der Waals surface area (Å²) in [6.07, 6.45) is 5.39. The largest absolute Gasteiger partial charge is 0.456 e. The first-order valence-corrected chi connectivity index (χ1v) is 17.8. The van der Waals surface area contributed by atoms with Gasteiger partial charge in [-0.25, -0.2) is 9.59 Å². The van der Waals surface area contributed by atoms with Crippen molar-refractivity contribution in [2.75, 3.05) is 6.54 Å². The molecule has 2 aliphatic carbocycles. The van der Waals surface area contributed by atoms with E-state index < -0.39 is 70.7 Å². The maximum atomic E-state index is 14.4. The summed E-state index contributed by atoms with van der Waals surface area (Å²) in [6.45, 7) is 11.5. The Hall–Kier alpha value is -3.96. The number of amides is 5. The number of nitrogens with two attached hydrogens (primary N) is 1. The van der Waals surface area contributed by atoms with Crippen LogP contribution >= 0.6 is 0 Å². The van der Waals surface area contributed by atoms with Crippen molar-refractivity contribution in [3.63, 3.8) is 0 Å². The molecule has 0 bridgehead atoms. The number of likely N-dealkylation sites (tertiary alicyclic amines) is 1. The number of ketones is 1. The molecule has 4 rings (SSSR count). The number of rotatable bonds is 13. The third-order valence-corrected chi connectivity index (χ3v) is 10.4. The molecule has 0 aromatic heterocycles. The molecule has 270 valence electrons. The van der Waals surface area contributed by atoms with E-state index in [4.69, 9.17) is 10.5 Å². The lowest BCUT2D eigenvalue weighted by Crippen LogP contribution is -2.64. The maximum absolute atomic E-state index is 14.4. The topological polar surface area (TPSA) is 177 Å². The fraction of sp³-hybridized carbons (Fsp3) is 0.676. The van der Waals surface area contributed by atoms with E-state index in [1.165, 1.54) is 4.90 Å². The molecule has 12 heteroatoms. The number of Topliss-reactive ketones (excluding diaryl/α,β-unsaturated/α-hetero) is 1. The Kier molecular flexibility index (Phi) is 12.1. The highest BCUT2D eigenvalue weighted by atomic mass is 16.5. The van der Waals surface area contributed by atoms with Gasteiger partial charge in [0.2, 0.25) is 17.6 Å². The highest BCUT2D eigenvalue weighted by Crippen LogP contribution is 2.36. The van der Waals surface area contributed by atoms with Crippen LogP contribution in [-0.4, -0.2) is 70.6 Å². The normalized spacial score (nSPS) is 22.4. The van der Waals surface area contributed by atoms with Crippen molar-refractivity contribution in [2.45, 2.75) is 129 Å². The van der Waals surface area contributed by atoms with Crippen molar-refractivity contribution in [1.82, 2.24) is 20.9 Å². The third kappa shape index (κ3) is 9.39. The first-order chi connectivity index (χ1) is 23.0. The number of urea groups is 1. The van der Waals surface area contributed by atoms with Crippen molar-refractivity contribution in [3.05, 3.63) is 35.9 Å². The zero-order valence-corrected chi connectivity index (χ0v) is 29.9. The number of ether oxygens (including phenoxy) is 1. The molecular formula is C37H55N5O7. The van der Waals surface area contributed by atoms with Crippen LogP contribution < -0.4 is 21.7 Å². The van der Waals surface area contributed by atoms with Gasteiger partial charge in [-0.05, 0) is 61.3 Å². The van der Waals surface area contributed by atoms with Crippen LogP contribution in [0.4, 0.5) is 4.79 Å². The first-order valence-electron chi connectivity index (χ1n) is 17.8. The Bertz CT molecular complexity index is 1380. The number of carbonyl (C=O) groups is 6. The summed E-state index contributed by atoms with van der Waals surface area (Å²) in [4.78, 5) is 81.7. The molecule has 1 unspecified atom stereocenters. The Morgan fingerprint density at radius 1 is 0.939 bits per heavy atom. The molecule has 3 aliphatic rings. The third-order valence-electron chi connectivity index (χ3n) is 10.4. The molecule has 5 N–H and O–H groups in total. The van der Waals surface area contributed by atoms with Crippen molar-refractivity contribution in [1.29, 1.82) is 0 Å². The first kappa shape index (κ1) is 37.9. The zero-order valence-electron chi connectivity index (χ0n) is 29.9. The van der Waals surface area contributed by atoms with Crippen molar-refractivity contribution >= 4 is 35.5 Å². The van der Waals surface area contributed by atoms with E-state index in [1.54, 1.807) is 6.92 Å². The van der Waals surface area contributed by atoms with Crippen LogP contribution in [0, 0.1) is 23.2 Å². The zero-order chi connectivity index (χ0) is 36.1. The van der Waals surface area contributed by atoms with E-state index >= 15 is 0 Å². The molecule has 1 aliphatic heterocycles. The van der Waals surface area contributed by atoms with E-state index in [9.17, 15) is 28.8 Å². The van der Waals surface area contributed by atoms with E-state index in [1.807, 2.05) is 65.0 Å². The average molecular weight is 682 g/mol. The van der Waals surface area contributed by atoms with Gasteiger partial charge in [-0.3, -0.25) is 19.2 Å². The lowest BCUT2D eigenvalue weighted by Gasteiger charge is -2.39. The summed E-state index contributed by atoms with van der Waals surface area (Å²) < 4.78 is 5.89. The van der Waals surface area contributed by atoms with Gasteiger partial charge in [0.05, 0.1) is 6.04 Å². The molecule has 1 aromatic carbocycles. The Morgan fingerprint density at radius 3 is 2.12 bits per heavy atom. The minimum atomic E-state index is -1.25. The van der Waals surface area contributed by atoms with Gasteiger partial charge in [-0.15, -0.1) is 0 Å². The van der Waals surface area contributed by atoms with Gasteiger partial charge in [0.15, 0.2) is 0 Å². The van der Waals surface area contributed by atoms with Gasteiger partial charge in [-0.1, -0.05) is 97.1 Å². The molecular weight excluding hydrogens is 626 g/mol. The molecule has 0 radical (unpaired) electrons. The second-order valence-electron chi connectivity index (χ2n) is 15.6. The van der Waals surface area contributed by atoms with Crippen LogP contribution in [0.25, 0.3) is 0 Å². The van der Waals surface area contributed by atoms with E-state index in [0.717, 1.165) is 37.7 Å². The fourth-order valence-electron chi connectivity index (χ4n) is 7.24. The summed E-state index contributed by atoms with van der Waals surface area (Å²) in [5, 5.41) is 8.54. The van der Waals surface area contributed by atoms with Crippen LogP contribution in [0.3, 0.4) is 0 Å². The van der Waals surface area contributed by atoms with Gasteiger partial charge in [-0.2, -0.15) is 0 Å². The molecule has 5 amide bonds. The van der Waals surface area contributed by atoms with Crippen molar-refractivity contribution in [2.24, 2.45) is 28.9 Å². The summed E-state index contributed by atoms with van der Waals surface area (Å²) in [6, 6.07) is 5.70. The van der Waals surface area contributed by atoms with Gasteiger partial charge >= 0.3 is 12.0 Å². The second kappa shape index (κ2) is 15.7. The minimum absolute atomic E-state index is 0.0297. The van der Waals surface area contributed by atoms with E-state index in [-0.39, 0.29) is 24.3 Å². The number of benzene rings is 1. The quantitative estimate of drug-likeness (QED) is 0.180. The smallest absolute Gasteiger partial charge is 0.332 e. The lowest BCUT2D eigenvalue weighted by molar-refractivity contribution is -0.158. The summed E-state index contributed by atoms with van der Waals surface area (Å²) in [5.41, 5.74) is 4.13. The summed E-state index contributed by atoms with van der Waals surface area (Å²) in [7, 11) is 0. The molecule has 3 fully saturated rings. The maximum Gasteiger partial charge on any atom is 0.332 e. The van der Waals surface area contributed by atoms with E-state index in [2.05, 4.69) is 16.0 Å². The average Bonchev–Trinajstić information content (AvgIpc) is 3.75. The standard InChI is InChI=1S/C37H55N5O7/c1-22(2)26-17-20-42(28(26)32(45)39-27(21-24-15-16-24)29(43)31(38)44)33(46)30(36(4,5)6)40-35(48)41-37(18-11-8-12-19-37)34(47)49-23(3)25-13-9-7-10-14-25/h7,9-10,13-14,22-24,26-28,30H,8,11-12,15-21H2,1-6H3,(H2,38,44)(H,39,45)(H2,40,41,48)/t23-,26-,27?,28+,30-/m1/s1. The summed E-state index contributed by atoms with van der Waals surface area (Å²) >= 11 is 0. The fourth-order valence-corrected chi connectivity index (χ4v) is 7.24. The molecule has 1 aromatic rings. The van der Waals surface area contributed by atoms with Crippen LogP contribution in [0.1, 0.15) is 111 Å². The number of hydrogen-bond donors (Lipinski definition) is 4. The molecule has 1 heterocycles. The van der Waals surface area contributed by atoms with Crippen molar-refractivity contribution < 1.29 is 33.5 Å². The minimum Gasteiger partial charge on any atom is -0.456 e. The van der Waals surface area contributed by atoms with Gasteiger partial charge in [0, 0.05) is 6.54 Å². The highest BCUT2D eigenvalue weighted by molar-refractivity contribution is 6.37. The molecule has 49 heavy (non-hydrogen) atoms. The number of nitrogens with one attached hydrogen (secondary N) is 3. The summed E-state index contributed by atoms with van der Waals surface area (Å²) in [5.74, 6) is -3.38. The molecule has 1 saturated heterocycles. The monoisotopic (exact) mass is 681 g/mol. The lowest BCUT2D eigenvalue weighted by atomic mass is 9.81. The van der Waals surface area contributed by atoms with Crippen LogP contribution in [0.2, 0.25) is 0 Å². The van der Waals surface area contributed by atoms with Gasteiger partial charge < -0.3 is 31.3 Å². The number of esters is 1. The van der Waals surface area contributed by atoms with Crippen LogP contribution in [0.5, 0.6) is 0 Å².